The zero-order valence-electron chi connectivity index (χ0n) is 12.3. The second-order valence-electron chi connectivity index (χ2n) is 4.82. The van der Waals surface area contributed by atoms with E-state index in [1.807, 2.05) is 6.92 Å². The number of nitrogens with zero attached hydrogens (tertiary/aromatic N) is 2. The zero-order chi connectivity index (χ0) is 14.3. The minimum absolute atomic E-state index is 0.192. The van der Waals surface area contributed by atoms with E-state index in [1.165, 1.54) is 18.9 Å². The van der Waals surface area contributed by atoms with Gasteiger partial charge >= 0.3 is 0 Å². The molecule has 3 heteroatoms. The van der Waals surface area contributed by atoms with Crippen molar-refractivity contribution in [1.29, 1.82) is 0 Å². The Kier molecular flexibility index (Phi) is 6.40. The Hall–Kier alpha value is -1.51. The van der Waals surface area contributed by atoms with Crippen LogP contribution in [0.25, 0.3) is 0 Å². The summed E-state index contributed by atoms with van der Waals surface area (Å²) in [6, 6.07) is 4.99. The fraction of sp³-hybridized carbons (Fsp3) is 0.500. The van der Waals surface area contributed by atoms with Crippen molar-refractivity contribution >= 4 is 11.5 Å². The Morgan fingerprint density at radius 3 is 2.58 bits per heavy atom. The highest BCUT2D eigenvalue weighted by Crippen LogP contribution is 2.12. The number of halogens is 1. The molecule has 0 aliphatic rings. The van der Waals surface area contributed by atoms with Gasteiger partial charge in [-0.3, -0.25) is 4.99 Å². The first-order chi connectivity index (χ1) is 9.08. The first-order valence-corrected chi connectivity index (χ1v) is 6.86. The van der Waals surface area contributed by atoms with Gasteiger partial charge in [-0.25, -0.2) is 9.38 Å². The molecule has 1 aromatic carbocycles. The number of aryl methyl sites for hydroxylation is 1. The lowest BCUT2D eigenvalue weighted by Gasteiger charge is -2.05. The molecule has 0 saturated heterocycles. The Morgan fingerprint density at radius 2 is 2.00 bits per heavy atom. The molecule has 0 fully saturated rings. The molecule has 0 radical (unpaired) electrons. The van der Waals surface area contributed by atoms with Crippen molar-refractivity contribution in [1.82, 2.24) is 0 Å². The van der Waals surface area contributed by atoms with Gasteiger partial charge in [0.05, 0.1) is 0 Å². The van der Waals surface area contributed by atoms with E-state index < -0.39 is 0 Å². The van der Waals surface area contributed by atoms with Crippen LogP contribution in [-0.4, -0.2) is 18.6 Å². The molecule has 1 aromatic rings. The van der Waals surface area contributed by atoms with E-state index in [4.69, 9.17) is 0 Å². The van der Waals surface area contributed by atoms with Gasteiger partial charge in [-0.1, -0.05) is 19.8 Å². The third-order valence-corrected chi connectivity index (χ3v) is 3.07. The lowest BCUT2D eigenvalue weighted by molar-refractivity contribution is 0.618. The maximum Gasteiger partial charge on any atom is 0.154 e. The smallest absolute Gasteiger partial charge is 0.154 e. The van der Waals surface area contributed by atoms with Gasteiger partial charge in [0.2, 0.25) is 0 Å². The van der Waals surface area contributed by atoms with E-state index in [-0.39, 0.29) is 5.82 Å². The summed E-state index contributed by atoms with van der Waals surface area (Å²) in [5, 5.41) is 0. The van der Waals surface area contributed by atoms with Crippen LogP contribution in [-0.2, 0) is 0 Å². The van der Waals surface area contributed by atoms with Crippen molar-refractivity contribution in [3.05, 3.63) is 35.1 Å². The SMILES string of the molecule is CCCCCC(C)=NC(=NC)c1ccc(F)c(C)c1. The molecule has 1 rings (SSSR count). The van der Waals surface area contributed by atoms with Crippen LogP contribution in [0.1, 0.15) is 50.7 Å². The normalized spacial score (nSPS) is 12.9. The fourth-order valence-corrected chi connectivity index (χ4v) is 1.89. The molecule has 0 heterocycles. The van der Waals surface area contributed by atoms with Gasteiger partial charge in [-0.15, -0.1) is 0 Å². The van der Waals surface area contributed by atoms with Gasteiger partial charge in [0.25, 0.3) is 0 Å². The molecule has 0 aromatic heterocycles. The summed E-state index contributed by atoms with van der Waals surface area (Å²) < 4.78 is 13.3. The van der Waals surface area contributed by atoms with Gasteiger partial charge in [0.1, 0.15) is 5.82 Å². The summed E-state index contributed by atoms with van der Waals surface area (Å²) >= 11 is 0. The standard InChI is InChI=1S/C16H23FN2/c1-5-6-7-8-13(3)19-16(18-4)14-9-10-15(17)12(2)11-14/h9-11H,5-8H2,1-4H3. The molecule has 19 heavy (non-hydrogen) atoms. The quantitative estimate of drug-likeness (QED) is 0.422. The molecular weight excluding hydrogens is 239 g/mol. The van der Waals surface area contributed by atoms with Gasteiger partial charge in [-0.2, -0.15) is 0 Å². The van der Waals surface area contributed by atoms with Gasteiger partial charge < -0.3 is 0 Å². The molecule has 0 atom stereocenters. The van der Waals surface area contributed by atoms with Crippen LogP contribution in [0.3, 0.4) is 0 Å². The van der Waals surface area contributed by atoms with Crippen molar-refractivity contribution in [3.8, 4) is 0 Å². The maximum absolute atomic E-state index is 13.3. The van der Waals surface area contributed by atoms with E-state index in [2.05, 4.69) is 16.9 Å². The van der Waals surface area contributed by atoms with Crippen LogP contribution in [0.2, 0.25) is 0 Å². The second-order valence-corrected chi connectivity index (χ2v) is 4.82. The molecule has 104 valence electrons. The predicted molar refractivity (Wildman–Crippen MR) is 80.8 cm³/mol. The minimum Gasteiger partial charge on any atom is -0.270 e. The fourth-order valence-electron chi connectivity index (χ4n) is 1.89. The molecule has 0 unspecified atom stereocenters. The molecular formula is C16H23FN2. The van der Waals surface area contributed by atoms with Gasteiger partial charge in [0.15, 0.2) is 5.84 Å². The van der Waals surface area contributed by atoms with Crippen LogP contribution in [0.5, 0.6) is 0 Å². The number of hydrogen-bond acceptors (Lipinski definition) is 1. The second kappa shape index (κ2) is 7.82. The Morgan fingerprint density at radius 1 is 1.26 bits per heavy atom. The molecule has 0 aliphatic carbocycles. The molecule has 0 amide bonds. The average Bonchev–Trinajstić information content (AvgIpc) is 2.39. The molecule has 0 saturated carbocycles. The summed E-state index contributed by atoms with van der Waals surface area (Å²) in [6.45, 7) is 5.97. The Bertz CT molecular complexity index is 476. The number of aliphatic imine (C=N–C) groups is 2. The maximum atomic E-state index is 13.3. The van der Waals surface area contributed by atoms with Crippen molar-refractivity contribution in [2.75, 3.05) is 7.05 Å². The first-order valence-electron chi connectivity index (χ1n) is 6.86. The van der Waals surface area contributed by atoms with Crippen molar-refractivity contribution < 1.29 is 4.39 Å². The van der Waals surface area contributed by atoms with E-state index in [1.54, 1.807) is 26.1 Å². The third-order valence-electron chi connectivity index (χ3n) is 3.07. The highest BCUT2D eigenvalue weighted by molar-refractivity contribution is 6.06. The summed E-state index contributed by atoms with van der Waals surface area (Å²) in [7, 11) is 1.72. The molecule has 0 bridgehead atoms. The Labute approximate surface area is 115 Å². The highest BCUT2D eigenvalue weighted by atomic mass is 19.1. The van der Waals surface area contributed by atoms with Crippen molar-refractivity contribution in [2.24, 2.45) is 9.98 Å². The van der Waals surface area contributed by atoms with Crippen LogP contribution in [0, 0.1) is 12.7 Å². The van der Waals surface area contributed by atoms with E-state index in [0.717, 1.165) is 24.1 Å². The molecule has 0 N–H and O–H groups in total. The number of amidine groups is 1. The summed E-state index contributed by atoms with van der Waals surface area (Å²) in [5.74, 6) is 0.486. The van der Waals surface area contributed by atoms with Crippen molar-refractivity contribution in [2.45, 2.75) is 46.5 Å². The van der Waals surface area contributed by atoms with Crippen LogP contribution in [0.15, 0.2) is 28.2 Å². The molecule has 2 nitrogen and oxygen atoms in total. The number of rotatable bonds is 5. The average molecular weight is 262 g/mol. The van der Waals surface area contributed by atoms with Crippen LogP contribution >= 0.6 is 0 Å². The molecule has 0 spiro atoms. The van der Waals surface area contributed by atoms with Gasteiger partial charge in [-0.05, 0) is 50.5 Å². The highest BCUT2D eigenvalue weighted by Gasteiger charge is 2.05. The molecule has 0 aliphatic heterocycles. The van der Waals surface area contributed by atoms with Crippen LogP contribution < -0.4 is 0 Å². The van der Waals surface area contributed by atoms with Crippen LogP contribution in [0.4, 0.5) is 4.39 Å². The topological polar surface area (TPSA) is 24.7 Å². The lowest BCUT2D eigenvalue weighted by Crippen LogP contribution is -2.03. The van der Waals surface area contributed by atoms with E-state index in [9.17, 15) is 4.39 Å². The minimum atomic E-state index is -0.192. The monoisotopic (exact) mass is 262 g/mol. The number of unbranched alkanes of at least 4 members (excludes halogenated alkanes) is 2. The number of hydrogen-bond donors (Lipinski definition) is 0. The third kappa shape index (κ3) is 4.93. The van der Waals surface area contributed by atoms with E-state index >= 15 is 0 Å². The lowest BCUT2D eigenvalue weighted by atomic mass is 10.1. The summed E-state index contributed by atoms with van der Waals surface area (Å²) in [6.07, 6.45) is 4.58. The van der Waals surface area contributed by atoms with Gasteiger partial charge in [0, 0.05) is 18.3 Å². The first kappa shape index (κ1) is 15.5. The Balaban J connectivity index is 2.83. The number of benzene rings is 1. The zero-order valence-corrected chi connectivity index (χ0v) is 12.3. The largest absolute Gasteiger partial charge is 0.270 e. The summed E-state index contributed by atoms with van der Waals surface area (Å²) in [5.41, 5.74) is 2.57. The predicted octanol–water partition coefficient (Wildman–Crippen LogP) is 4.55. The van der Waals surface area contributed by atoms with E-state index in [0.29, 0.717) is 11.4 Å². The van der Waals surface area contributed by atoms with Crippen molar-refractivity contribution in [3.63, 3.8) is 0 Å². The summed E-state index contributed by atoms with van der Waals surface area (Å²) in [4.78, 5) is 8.76.